The predicted molar refractivity (Wildman–Crippen MR) is 91.2 cm³/mol. The van der Waals surface area contributed by atoms with Gasteiger partial charge in [0.15, 0.2) is 0 Å². The Balaban J connectivity index is 2.01. The van der Waals surface area contributed by atoms with Crippen LogP contribution in [0.5, 0.6) is 11.8 Å². The lowest BCUT2D eigenvalue weighted by atomic mass is 10.1. The average Bonchev–Trinajstić information content (AvgIpc) is 2.51. The molecule has 0 unspecified atom stereocenters. The zero-order valence-corrected chi connectivity index (χ0v) is 14.8. The summed E-state index contributed by atoms with van der Waals surface area (Å²) in [4.78, 5) is 4.20. The molecule has 0 atom stereocenters. The maximum atomic E-state index is 5.19. The molecule has 0 fully saturated rings. The number of ether oxygens (including phenoxy) is 2. The molecule has 0 bridgehead atoms. The van der Waals surface area contributed by atoms with Crippen LogP contribution in [0.1, 0.15) is 16.7 Å². The summed E-state index contributed by atoms with van der Waals surface area (Å²) in [6.07, 6.45) is 0. The van der Waals surface area contributed by atoms with Gasteiger partial charge >= 0.3 is 0 Å². The van der Waals surface area contributed by atoms with Gasteiger partial charge in [0, 0.05) is 28.1 Å². The van der Waals surface area contributed by atoms with Crippen LogP contribution in [0.2, 0.25) is 0 Å². The second-order valence-electron chi connectivity index (χ2n) is 4.58. The molecule has 0 saturated carbocycles. The molecule has 0 saturated heterocycles. The molecular weight excluding hydrogens is 350 g/mol. The number of methoxy groups -OCH3 is 2. The number of hydrogen-bond acceptors (Lipinski definition) is 4. The molecule has 0 spiro atoms. The van der Waals surface area contributed by atoms with E-state index < -0.39 is 0 Å². The number of pyridine rings is 1. The molecule has 0 aliphatic heterocycles. The molecule has 2 aromatic rings. The van der Waals surface area contributed by atoms with Gasteiger partial charge in [0.05, 0.1) is 14.2 Å². The summed E-state index contributed by atoms with van der Waals surface area (Å²) in [7, 11) is 3.23. The fourth-order valence-electron chi connectivity index (χ4n) is 1.91. The molecule has 0 aliphatic rings. The van der Waals surface area contributed by atoms with Gasteiger partial charge in [-0.1, -0.05) is 28.1 Å². The Kier molecular flexibility index (Phi) is 5.94. The Morgan fingerprint density at radius 1 is 1.10 bits per heavy atom. The molecule has 21 heavy (non-hydrogen) atoms. The predicted octanol–water partition coefficient (Wildman–Crippen LogP) is 4.60. The van der Waals surface area contributed by atoms with E-state index in [9.17, 15) is 0 Å². The number of rotatable bonds is 6. The van der Waals surface area contributed by atoms with Gasteiger partial charge in [-0.05, 0) is 29.7 Å². The Bertz CT molecular complexity index is 597. The highest BCUT2D eigenvalue weighted by Crippen LogP contribution is 2.26. The largest absolute Gasteiger partial charge is 0.481 e. The van der Waals surface area contributed by atoms with Crippen molar-refractivity contribution in [2.24, 2.45) is 0 Å². The van der Waals surface area contributed by atoms with Gasteiger partial charge < -0.3 is 9.47 Å². The summed E-state index contributed by atoms with van der Waals surface area (Å²) >= 11 is 5.43. The topological polar surface area (TPSA) is 31.4 Å². The summed E-state index contributed by atoms with van der Waals surface area (Å²) in [6, 6.07) is 10.2. The minimum Gasteiger partial charge on any atom is -0.481 e. The number of benzene rings is 1. The minimum absolute atomic E-state index is 0.587. The Hall–Kier alpha value is -1.20. The minimum atomic E-state index is 0.587. The van der Waals surface area contributed by atoms with Gasteiger partial charge in [0.1, 0.15) is 0 Å². The van der Waals surface area contributed by atoms with Gasteiger partial charge in [0.25, 0.3) is 0 Å². The number of aromatic nitrogens is 1. The molecule has 0 N–H and O–H groups in total. The Morgan fingerprint density at radius 2 is 1.76 bits per heavy atom. The van der Waals surface area contributed by atoms with Crippen LogP contribution in [0.25, 0.3) is 0 Å². The van der Waals surface area contributed by atoms with Gasteiger partial charge in [0.2, 0.25) is 11.8 Å². The lowest BCUT2D eigenvalue weighted by molar-refractivity contribution is 0.364. The standard InChI is InChI=1S/C16H18BrNO2S/c1-11-13(5-4-6-14(11)17)10-21-9-12-7-15(19-2)18-16(8-12)20-3/h4-8H,9-10H2,1-3H3. The number of halogens is 1. The van der Waals surface area contributed by atoms with Crippen molar-refractivity contribution in [3.05, 3.63) is 51.5 Å². The maximum absolute atomic E-state index is 5.19. The molecule has 0 aliphatic carbocycles. The lowest BCUT2D eigenvalue weighted by Crippen LogP contribution is -1.95. The molecule has 1 aromatic carbocycles. The average molecular weight is 368 g/mol. The SMILES string of the molecule is COc1cc(CSCc2cccc(Br)c2C)cc(OC)n1. The van der Waals surface area contributed by atoms with Crippen molar-refractivity contribution in [3.63, 3.8) is 0 Å². The summed E-state index contributed by atoms with van der Waals surface area (Å²) < 4.78 is 11.5. The molecule has 1 aromatic heterocycles. The molecule has 3 nitrogen and oxygen atoms in total. The van der Waals surface area contributed by atoms with Crippen LogP contribution in [0.4, 0.5) is 0 Å². The van der Waals surface area contributed by atoms with Crippen molar-refractivity contribution in [1.82, 2.24) is 4.98 Å². The molecule has 2 rings (SSSR count). The van der Waals surface area contributed by atoms with Crippen molar-refractivity contribution in [3.8, 4) is 11.8 Å². The van der Waals surface area contributed by atoms with E-state index in [1.54, 1.807) is 14.2 Å². The fraction of sp³-hybridized carbons (Fsp3) is 0.312. The van der Waals surface area contributed by atoms with E-state index in [0.717, 1.165) is 21.5 Å². The number of nitrogens with zero attached hydrogens (tertiary/aromatic N) is 1. The van der Waals surface area contributed by atoms with E-state index in [2.05, 4.69) is 46.0 Å². The van der Waals surface area contributed by atoms with E-state index in [0.29, 0.717) is 11.8 Å². The van der Waals surface area contributed by atoms with Crippen LogP contribution in [0, 0.1) is 6.92 Å². The van der Waals surface area contributed by atoms with Crippen LogP contribution in [-0.4, -0.2) is 19.2 Å². The van der Waals surface area contributed by atoms with Crippen molar-refractivity contribution in [2.75, 3.05) is 14.2 Å². The van der Waals surface area contributed by atoms with Gasteiger partial charge in [-0.25, -0.2) is 0 Å². The summed E-state index contributed by atoms with van der Waals surface area (Å²) in [5.74, 6) is 3.03. The zero-order chi connectivity index (χ0) is 15.2. The fourth-order valence-corrected chi connectivity index (χ4v) is 3.36. The highest BCUT2D eigenvalue weighted by Gasteiger charge is 2.05. The second-order valence-corrected chi connectivity index (χ2v) is 6.42. The molecule has 5 heteroatoms. The van der Waals surface area contributed by atoms with Crippen LogP contribution >= 0.6 is 27.7 Å². The molecule has 0 amide bonds. The first-order chi connectivity index (χ1) is 10.1. The third-order valence-electron chi connectivity index (χ3n) is 3.16. The van der Waals surface area contributed by atoms with Gasteiger partial charge in [-0.3, -0.25) is 0 Å². The van der Waals surface area contributed by atoms with Gasteiger partial charge in [-0.2, -0.15) is 16.7 Å². The van der Waals surface area contributed by atoms with Crippen LogP contribution in [0.15, 0.2) is 34.8 Å². The van der Waals surface area contributed by atoms with Crippen LogP contribution < -0.4 is 9.47 Å². The quantitative estimate of drug-likeness (QED) is 0.746. The van der Waals surface area contributed by atoms with E-state index in [1.165, 1.54) is 11.1 Å². The first kappa shape index (κ1) is 16.2. The van der Waals surface area contributed by atoms with E-state index >= 15 is 0 Å². The number of hydrogen-bond donors (Lipinski definition) is 0. The third-order valence-corrected chi connectivity index (χ3v) is 5.07. The molecular formula is C16H18BrNO2S. The van der Waals surface area contributed by atoms with Crippen LogP contribution in [-0.2, 0) is 11.5 Å². The molecule has 1 heterocycles. The normalized spacial score (nSPS) is 10.5. The van der Waals surface area contributed by atoms with E-state index in [4.69, 9.17) is 9.47 Å². The summed E-state index contributed by atoms with van der Waals surface area (Å²) in [5, 5.41) is 0. The molecule has 0 radical (unpaired) electrons. The zero-order valence-electron chi connectivity index (χ0n) is 12.4. The Labute approximate surface area is 138 Å². The van der Waals surface area contributed by atoms with E-state index in [1.807, 2.05) is 23.9 Å². The summed E-state index contributed by atoms with van der Waals surface area (Å²) in [5.41, 5.74) is 3.80. The highest BCUT2D eigenvalue weighted by atomic mass is 79.9. The maximum Gasteiger partial charge on any atom is 0.216 e. The van der Waals surface area contributed by atoms with Crippen molar-refractivity contribution >= 4 is 27.7 Å². The monoisotopic (exact) mass is 367 g/mol. The van der Waals surface area contributed by atoms with Crippen molar-refractivity contribution < 1.29 is 9.47 Å². The van der Waals surface area contributed by atoms with Crippen molar-refractivity contribution in [1.29, 1.82) is 0 Å². The summed E-state index contributed by atoms with van der Waals surface area (Å²) in [6.45, 7) is 2.14. The lowest BCUT2D eigenvalue weighted by Gasteiger charge is -2.09. The Morgan fingerprint density at radius 3 is 2.38 bits per heavy atom. The third kappa shape index (κ3) is 4.38. The first-order valence-electron chi connectivity index (χ1n) is 6.54. The molecule has 112 valence electrons. The smallest absolute Gasteiger partial charge is 0.216 e. The van der Waals surface area contributed by atoms with Gasteiger partial charge in [-0.15, -0.1) is 0 Å². The van der Waals surface area contributed by atoms with Crippen LogP contribution in [0.3, 0.4) is 0 Å². The van der Waals surface area contributed by atoms with Crippen molar-refractivity contribution in [2.45, 2.75) is 18.4 Å². The highest BCUT2D eigenvalue weighted by molar-refractivity contribution is 9.10. The second kappa shape index (κ2) is 7.71. The van der Waals surface area contributed by atoms with E-state index in [-0.39, 0.29) is 0 Å². The number of thioether (sulfide) groups is 1. The first-order valence-corrected chi connectivity index (χ1v) is 8.49.